The molecule has 1 aromatic heterocycles. The highest BCUT2D eigenvalue weighted by Gasteiger charge is 2.12. The van der Waals surface area contributed by atoms with Crippen LogP contribution in [0.1, 0.15) is 32.3 Å². The van der Waals surface area contributed by atoms with Gasteiger partial charge in [0, 0.05) is 12.3 Å². The van der Waals surface area contributed by atoms with Gasteiger partial charge in [0.25, 0.3) is 0 Å². The molecule has 0 N–H and O–H groups in total. The fraction of sp³-hybridized carbons (Fsp3) is 0.545. The van der Waals surface area contributed by atoms with Gasteiger partial charge in [0.05, 0.1) is 0 Å². The molecule has 1 heterocycles. The number of carbonyl (C=O) groups is 1. The van der Waals surface area contributed by atoms with Crippen molar-refractivity contribution in [2.75, 3.05) is 0 Å². The highest BCUT2D eigenvalue weighted by atomic mass is 32.1. The van der Waals surface area contributed by atoms with Crippen LogP contribution in [0, 0.1) is 5.92 Å². The second-order valence-corrected chi connectivity index (χ2v) is 4.24. The van der Waals surface area contributed by atoms with Gasteiger partial charge in [-0.25, -0.2) is 0 Å². The highest BCUT2D eigenvalue weighted by Crippen LogP contribution is 2.13. The Labute approximate surface area is 83.8 Å². The van der Waals surface area contributed by atoms with Crippen molar-refractivity contribution in [3.05, 3.63) is 22.4 Å². The summed E-state index contributed by atoms with van der Waals surface area (Å²) in [4.78, 5) is 11.6. The average Bonchev–Trinajstić information content (AvgIpc) is 2.57. The first-order chi connectivity index (χ1) is 6.24. The van der Waals surface area contributed by atoms with Crippen LogP contribution in [0.25, 0.3) is 0 Å². The van der Waals surface area contributed by atoms with Gasteiger partial charge in [-0.05, 0) is 28.8 Å². The van der Waals surface area contributed by atoms with Crippen LogP contribution in [-0.4, -0.2) is 5.78 Å². The SMILES string of the molecule is CCCC(C)C(=O)Cc1ccsc1. The Kier molecular flexibility index (Phi) is 4.16. The molecular formula is C11H16OS. The van der Waals surface area contributed by atoms with Crippen molar-refractivity contribution >= 4 is 17.1 Å². The maximum Gasteiger partial charge on any atom is 0.140 e. The first-order valence-electron chi connectivity index (χ1n) is 4.77. The minimum atomic E-state index is 0.227. The van der Waals surface area contributed by atoms with Gasteiger partial charge in [-0.15, -0.1) is 0 Å². The zero-order valence-electron chi connectivity index (χ0n) is 8.25. The van der Waals surface area contributed by atoms with Gasteiger partial charge in [0.1, 0.15) is 5.78 Å². The molecule has 0 bridgehead atoms. The van der Waals surface area contributed by atoms with E-state index < -0.39 is 0 Å². The maximum absolute atomic E-state index is 11.6. The van der Waals surface area contributed by atoms with Gasteiger partial charge in [0.15, 0.2) is 0 Å². The third kappa shape index (κ3) is 3.31. The molecule has 0 aliphatic carbocycles. The fourth-order valence-electron chi connectivity index (χ4n) is 1.36. The first-order valence-corrected chi connectivity index (χ1v) is 5.72. The van der Waals surface area contributed by atoms with E-state index >= 15 is 0 Å². The minimum absolute atomic E-state index is 0.227. The van der Waals surface area contributed by atoms with E-state index in [0.717, 1.165) is 18.4 Å². The first kappa shape index (κ1) is 10.5. The number of ketones is 1. The second kappa shape index (κ2) is 5.18. The molecule has 1 aromatic rings. The summed E-state index contributed by atoms with van der Waals surface area (Å²) in [5.41, 5.74) is 1.16. The van der Waals surface area contributed by atoms with Crippen molar-refractivity contribution < 1.29 is 4.79 Å². The van der Waals surface area contributed by atoms with Gasteiger partial charge >= 0.3 is 0 Å². The Balaban J connectivity index is 2.41. The molecule has 0 spiro atoms. The molecule has 0 aromatic carbocycles. The molecule has 0 amide bonds. The van der Waals surface area contributed by atoms with E-state index in [-0.39, 0.29) is 5.92 Å². The molecular weight excluding hydrogens is 180 g/mol. The lowest BCUT2D eigenvalue weighted by atomic mass is 9.97. The molecule has 0 aliphatic rings. The summed E-state index contributed by atoms with van der Waals surface area (Å²) in [6.07, 6.45) is 2.73. The Morgan fingerprint density at radius 2 is 2.38 bits per heavy atom. The van der Waals surface area contributed by atoms with Crippen LogP contribution in [0.4, 0.5) is 0 Å². The van der Waals surface area contributed by atoms with Gasteiger partial charge in [-0.1, -0.05) is 20.3 Å². The predicted octanol–water partition coefficient (Wildman–Crippen LogP) is 3.30. The Bertz CT molecular complexity index is 251. The summed E-state index contributed by atoms with van der Waals surface area (Å²) in [6.45, 7) is 4.15. The van der Waals surface area contributed by atoms with Gasteiger partial charge < -0.3 is 0 Å². The van der Waals surface area contributed by atoms with E-state index in [9.17, 15) is 4.79 Å². The normalized spacial score (nSPS) is 12.8. The van der Waals surface area contributed by atoms with Crippen molar-refractivity contribution in [3.63, 3.8) is 0 Å². The van der Waals surface area contributed by atoms with E-state index in [1.807, 2.05) is 18.4 Å². The lowest BCUT2D eigenvalue weighted by molar-refractivity contribution is -0.121. The third-order valence-electron chi connectivity index (χ3n) is 2.23. The lowest BCUT2D eigenvalue weighted by Crippen LogP contribution is -2.12. The number of hydrogen-bond donors (Lipinski definition) is 0. The minimum Gasteiger partial charge on any atom is -0.299 e. The molecule has 0 radical (unpaired) electrons. The summed E-state index contributed by atoms with van der Waals surface area (Å²) in [7, 11) is 0. The average molecular weight is 196 g/mol. The number of thiophene rings is 1. The van der Waals surface area contributed by atoms with Crippen molar-refractivity contribution in [2.45, 2.75) is 33.1 Å². The van der Waals surface area contributed by atoms with Crippen LogP contribution in [0.5, 0.6) is 0 Å². The molecule has 1 unspecified atom stereocenters. The highest BCUT2D eigenvalue weighted by molar-refractivity contribution is 7.07. The zero-order valence-corrected chi connectivity index (χ0v) is 9.06. The fourth-order valence-corrected chi connectivity index (χ4v) is 2.03. The summed E-state index contributed by atoms with van der Waals surface area (Å²) < 4.78 is 0. The van der Waals surface area contributed by atoms with Crippen LogP contribution in [0.3, 0.4) is 0 Å². The zero-order chi connectivity index (χ0) is 9.68. The van der Waals surface area contributed by atoms with Crippen LogP contribution in [0.2, 0.25) is 0 Å². The molecule has 2 heteroatoms. The molecule has 1 rings (SSSR count). The van der Waals surface area contributed by atoms with E-state index in [1.54, 1.807) is 11.3 Å². The summed E-state index contributed by atoms with van der Waals surface area (Å²) in [6, 6.07) is 2.03. The van der Waals surface area contributed by atoms with Gasteiger partial charge in [-0.2, -0.15) is 11.3 Å². The molecule has 72 valence electrons. The quantitative estimate of drug-likeness (QED) is 0.706. The number of rotatable bonds is 5. The smallest absolute Gasteiger partial charge is 0.140 e. The second-order valence-electron chi connectivity index (χ2n) is 3.46. The predicted molar refractivity (Wildman–Crippen MR) is 57.1 cm³/mol. The number of carbonyl (C=O) groups excluding carboxylic acids is 1. The Hall–Kier alpha value is -0.630. The topological polar surface area (TPSA) is 17.1 Å². The van der Waals surface area contributed by atoms with Crippen LogP contribution < -0.4 is 0 Å². The Morgan fingerprint density at radius 1 is 1.62 bits per heavy atom. The van der Waals surface area contributed by atoms with E-state index in [0.29, 0.717) is 12.2 Å². The van der Waals surface area contributed by atoms with E-state index in [2.05, 4.69) is 12.3 Å². The molecule has 0 fully saturated rings. The molecule has 1 nitrogen and oxygen atoms in total. The monoisotopic (exact) mass is 196 g/mol. The largest absolute Gasteiger partial charge is 0.299 e. The van der Waals surface area contributed by atoms with Crippen LogP contribution >= 0.6 is 11.3 Å². The molecule has 13 heavy (non-hydrogen) atoms. The van der Waals surface area contributed by atoms with Crippen molar-refractivity contribution in [1.82, 2.24) is 0 Å². The lowest BCUT2D eigenvalue weighted by Gasteiger charge is -2.07. The number of hydrogen-bond acceptors (Lipinski definition) is 2. The Morgan fingerprint density at radius 3 is 2.92 bits per heavy atom. The molecule has 0 saturated heterocycles. The van der Waals surface area contributed by atoms with E-state index in [4.69, 9.17) is 0 Å². The maximum atomic E-state index is 11.6. The standard InChI is InChI=1S/C11H16OS/c1-3-4-9(2)11(12)7-10-5-6-13-8-10/h5-6,8-9H,3-4,7H2,1-2H3. The van der Waals surface area contributed by atoms with Crippen molar-refractivity contribution in [2.24, 2.45) is 5.92 Å². The van der Waals surface area contributed by atoms with Crippen LogP contribution in [-0.2, 0) is 11.2 Å². The van der Waals surface area contributed by atoms with Gasteiger partial charge in [0.2, 0.25) is 0 Å². The molecule has 0 saturated carbocycles. The van der Waals surface area contributed by atoms with Crippen molar-refractivity contribution in [3.8, 4) is 0 Å². The van der Waals surface area contributed by atoms with Gasteiger partial charge in [-0.3, -0.25) is 4.79 Å². The molecule has 1 atom stereocenters. The van der Waals surface area contributed by atoms with Crippen LogP contribution in [0.15, 0.2) is 16.8 Å². The molecule has 0 aliphatic heterocycles. The summed E-state index contributed by atoms with van der Waals surface area (Å²) in [5.74, 6) is 0.602. The van der Waals surface area contributed by atoms with E-state index in [1.165, 1.54) is 0 Å². The number of Topliss-reactive ketones (excluding diaryl/α,β-unsaturated/α-hetero) is 1. The summed E-state index contributed by atoms with van der Waals surface area (Å²) >= 11 is 1.65. The summed E-state index contributed by atoms with van der Waals surface area (Å²) in [5, 5.41) is 4.07. The third-order valence-corrected chi connectivity index (χ3v) is 2.96. The van der Waals surface area contributed by atoms with Crippen molar-refractivity contribution in [1.29, 1.82) is 0 Å².